The molecular weight excluding hydrogens is 606 g/mol. The fourth-order valence-corrected chi connectivity index (χ4v) is 5.96. The highest BCUT2D eigenvalue weighted by molar-refractivity contribution is 9.09. The first kappa shape index (κ1) is 29.9. The van der Waals surface area contributed by atoms with E-state index < -0.39 is 26.4 Å². The van der Waals surface area contributed by atoms with Gasteiger partial charge in [0.15, 0.2) is 9.84 Å². The molecule has 1 amide bonds. The summed E-state index contributed by atoms with van der Waals surface area (Å²) in [7, 11) is -0.0481. The number of likely N-dealkylation sites (N-methyl/N-ethyl adjacent to an activating group) is 1. The number of anilines is 1. The lowest BCUT2D eigenvalue weighted by Crippen LogP contribution is -2.45. The summed E-state index contributed by atoms with van der Waals surface area (Å²) in [5, 5.41) is 13.0. The maximum absolute atomic E-state index is 13.3. The van der Waals surface area contributed by atoms with Gasteiger partial charge in [0, 0.05) is 69.6 Å². The van der Waals surface area contributed by atoms with Crippen LogP contribution in [0.2, 0.25) is 0 Å². The van der Waals surface area contributed by atoms with E-state index in [4.69, 9.17) is 0 Å². The number of hydrogen-bond donors (Lipinski definition) is 0. The lowest BCUT2D eigenvalue weighted by Gasteiger charge is -2.32. The quantitative estimate of drug-likeness (QED) is 0.184. The standard InChI is InChI=1S/C22H35Br2N5O5S/c1-4-35(33,34)21-17-19(29(31)32)18(16-20(21)28(10-6-23)11-7-24)22(30)26(3)8-5-9-27-14-12-25(2)13-15-27/h16-17H,4-15H2,1-3H3. The minimum absolute atomic E-state index is 0.101. The van der Waals surface area contributed by atoms with Gasteiger partial charge in [-0.1, -0.05) is 38.8 Å². The van der Waals surface area contributed by atoms with Crippen molar-refractivity contribution in [2.75, 3.05) is 87.8 Å². The first-order valence-electron chi connectivity index (χ1n) is 11.6. The molecule has 0 radical (unpaired) electrons. The van der Waals surface area contributed by atoms with Gasteiger partial charge in [-0.3, -0.25) is 14.9 Å². The number of rotatable bonds is 13. The van der Waals surface area contributed by atoms with Crippen molar-refractivity contribution in [1.82, 2.24) is 14.7 Å². The minimum Gasteiger partial charge on any atom is -0.369 e. The van der Waals surface area contributed by atoms with Crippen LogP contribution in [0, 0.1) is 10.1 Å². The average Bonchev–Trinajstić information content (AvgIpc) is 2.83. The molecule has 198 valence electrons. The predicted molar refractivity (Wildman–Crippen MR) is 146 cm³/mol. The van der Waals surface area contributed by atoms with Crippen molar-refractivity contribution in [3.05, 3.63) is 27.8 Å². The van der Waals surface area contributed by atoms with E-state index in [2.05, 4.69) is 48.7 Å². The topological polar surface area (TPSA) is 107 Å². The number of halogens is 2. The summed E-state index contributed by atoms with van der Waals surface area (Å²) in [4.78, 5) is 32.4. The summed E-state index contributed by atoms with van der Waals surface area (Å²) in [6.07, 6.45) is 0.744. The number of carbonyl (C=O) groups is 1. The van der Waals surface area contributed by atoms with E-state index in [0.29, 0.717) is 36.0 Å². The van der Waals surface area contributed by atoms with Gasteiger partial charge in [-0.15, -0.1) is 0 Å². The number of piperazine rings is 1. The fourth-order valence-electron chi connectivity index (χ4n) is 4.00. The summed E-state index contributed by atoms with van der Waals surface area (Å²) in [5.74, 6) is -0.693. The van der Waals surface area contributed by atoms with Crippen LogP contribution in [0.5, 0.6) is 0 Å². The van der Waals surface area contributed by atoms with Crippen LogP contribution < -0.4 is 4.90 Å². The number of nitrogens with zero attached hydrogens (tertiary/aromatic N) is 5. The molecule has 0 N–H and O–H groups in total. The summed E-state index contributed by atoms with van der Waals surface area (Å²) in [6, 6.07) is 2.43. The van der Waals surface area contributed by atoms with Crippen molar-refractivity contribution < 1.29 is 18.1 Å². The SMILES string of the molecule is CCS(=O)(=O)c1cc([N+](=O)[O-])c(C(=O)N(C)CCCN2CCN(C)CC2)cc1N(CCBr)CCBr. The zero-order chi connectivity index (χ0) is 26.2. The Kier molecular flexibility index (Phi) is 11.9. The molecule has 35 heavy (non-hydrogen) atoms. The van der Waals surface area contributed by atoms with Gasteiger partial charge < -0.3 is 19.6 Å². The van der Waals surface area contributed by atoms with Crippen LogP contribution in [-0.2, 0) is 9.84 Å². The lowest BCUT2D eigenvalue weighted by molar-refractivity contribution is -0.385. The molecule has 13 heteroatoms. The van der Waals surface area contributed by atoms with Crippen molar-refractivity contribution >= 4 is 59.0 Å². The molecule has 1 aliphatic heterocycles. The number of amides is 1. The molecular formula is C22H35Br2N5O5S. The molecule has 1 heterocycles. The molecule has 0 unspecified atom stereocenters. The molecule has 0 atom stereocenters. The van der Waals surface area contributed by atoms with Crippen molar-refractivity contribution in [2.45, 2.75) is 18.2 Å². The highest BCUT2D eigenvalue weighted by Gasteiger charge is 2.31. The molecule has 0 aromatic heterocycles. The maximum atomic E-state index is 13.3. The van der Waals surface area contributed by atoms with Crippen LogP contribution in [0.15, 0.2) is 17.0 Å². The van der Waals surface area contributed by atoms with Gasteiger partial charge in [-0.2, -0.15) is 0 Å². The second-order valence-electron chi connectivity index (χ2n) is 8.59. The van der Waals surface area contributed by atoms with Crippen molar-refractivity contribution in [1.29, 1.82) is 0 Å². The molecule has 0 spiro atoms. The summed E-state index contributed by atoms with van der Waals surface area (Å²) < 4.78 is 25.7. The minimum atomic E-state index is -3.77. The van der Waals surface area contributed by atoms with Gasteiger partial charge in [0.25, 0.3) is 11.6 Å². The Balaban J connectivity index is 2.36. The third kappa shape index (κ3) is 8.11. The average molecular weight is 641 g/mol. The van der Waals surface area contributed by atoms with E-state index in [0.717, 1.165) is 45.2 Å². The van der Waals surface area contributed by atoms with Crippen molar-refractivity contribution in [2.24, 2.45) is 0 Å². The van der Waals surface area contributed by atoms with E-state index in [9.17, 15) is 23.3 Å². The van der Waals surface area contributed by atoms with Crippen LogP contribution in [0.1, 0.15) is 23.7 Å². The van der Waals surface area contributed by atoms with E-state index in [1.807, 2.05) is 4.90 Å². The predicted octanol–water partition coefficient (Wildman–Crippen LogP) is 2.69. The molecule has 10 nitrogen and oxygen atoms in total. The molecule has 1 aliphatic rings. The second kappa shape index (κ2) is 13.9. The highest BCUT2D eigenvalue weighted by atomic mass is 79.9. The van der Waals surface area contributed by atoms with E-state index in [1.165, 1.54) is 17.9 Å². The Bertz CT molecular complexity index is 981. The number of carbonyl (C=O) groups excluding carboxylic acids is 1. The van der Waals surface area contributed by atoms with Crippen LogP contribution in [-0.4, -0.2) is 117 Å². The molecule has 0 aliphatic carbocycles. The van der Waals surface area contributed by atoms with E-state index in [-0.39, 0.29) is 16.2 Å². The number of nitro benzene ring substituents is 1. The summed E-state index contributed by atoms with van der Waals surface area (Å²) >= 11 is 6.77. The van der Waals surface area contributed by atoms with Crippen LogP contribution in [0.3, 0.4) is 0 Å². The fraction of sp³-hybridized carbons (Fsp3) is 0.682. The number of benzene rings is 1. The Morgan fingerprint density at radius 1 is 1.11 bits per heavy atom. The van der Waals surface area contributed by atoms with Crippen molar-refractivity contribution in [3.63, 3.8) is 0 Å². The number of sulfone groups is 1. The summed E-state index contributed by atoms with van der Waals surface area (Å²) in [5.41, 5.74) is -0.281. The first-order chi connectivity index (χ1) is 16.5. The Morgan fingerprint density at radius 2 is 1.71 bits per heavy atom. The second-order valence-corrected chi connectivity index (χ2v) is 12.4. The normalized spacial score (nSPS) is 15.2. The van der Waals surface area contributed by atoms with Gasteiger partial charge in [0.1, 0.15) is 5.56 Å². The number of alkyl halides is 2. The number of hydrogen-bond acceptors (Lipinski definition) is 8. The smallest absolute Gasteiger partial charge is 0.283 e. The number of nitro groups is 1. The monoisotopic (exact) mass is 639 g/mol. The van der Waals surface area contributed by atoms with Gasteiger partial charge in [-0.25, -0.2) is 8.42 Å². The molecule has 1 aromatic carbocycles. The van der Waals surface area contributed by atoms with E-state index >= 15 is 0 Å². The maximum Gasteiger partial charge on any atom is 0.283 e. The van der Waals surface area contributed by atoms with Gasteiger partial charge in [-0.05, 0) is 26.1 Å². The highest BCUT2D eigenvalue weighted by Crippen LogP contribution is 2.34. The summed E-state index contributed by atoms with van der Waals surface area (Å²) in [6.45, 7) is 7.72. The third-order valence-corrected chi connectivity index (χ3v) is 8.65. The van der Waals surface area contributed by atoms with Crippen LogP contribution in [0.25, 0.3) is 0 Å². The van der Waals surface area contributed by atoms with Crippen molar-refractivity contribution in [3.8, 4) is 0 Å². The van der Waals surface area contributed by atoms with Crippen LogP contribution in [0.4, 0.5) is 11.4 Å². The molecule has 1 fully saturated rings. The zero-order valence-electron chi connectivity index (χ0n) is 20.6. The third-order valence-electron chi connectivity index (χ3n) is 6.18. The molecule has 1 saturated heterocycles. The molecule has 0 bridgehead atoms. The van der Waals surface area contributed by atoms with Gasteiger partial charge >= 0.3 is 0 Å². The largest absolute Gasteiger partial charge is 0.369 e. The zero-order valence-corrected chi connectivity index (χ0v) is 24.6. The van der Waals surface area contributed by atoms with Gasteiger partial charge in [0.2, 0.25) is 0 Å². The Morgan fingerprint density at radius 3 is 2.23 bits per heavy atom. The Hall–Kier alpha value is -1.28. The molecule has 0 saturated carbocycles. The van der Waals surface area contributed by atoms with Gasteiger partial charge in [0.05, 0.1) is 21.3 Å². The lowest BCUT2D eigenvalue weighted by atomic mass is 10.1. The molecule has 2 rings (SSSR count). The van der Waals surface area contributed by atoms with Crippen LogP contribution >= 0.6 is 31.9 Å². The van der Waals surface area contributed by atoms with E-state index in [1.54, 1.807) is 7.05 Å². The Labute approximate surface area is 224 Å². The molecule has 1 aromatic rings. The first-order valence-corrected chi connectivity index (χ1v) is 15.5.